The number of rotatable bonds is 4. The van der Waals surface area contributed by atoms with Crippen LogP contribution in [0.1, 0.15) is 16.5 Å². The van der Waals surface area contributed by atoms with Crippen LogP contribution in [0.25, 0.3) is 0 Å². The first-order valence-corrected chi connectivity index (χ1v) is 9.34. The van der Waals surface area contributed by atoms with Crippen molar-refractivity contribution in [3.63, 3.8) is 0 Å². The smallest absolute Gasteiger partial charge is 0.162 e. The molecule has 0 amide bonds. The molecule has 6 heteroatoms. The van der Waals surface area contributed by atoms with E-state index in [1.165, 1.54) is 4.90 Å². The summed E-state index contributed by atoms with van der Waals surface area (Å²) in [5, 5.41) is 14.2. The van der Waals surface area contributed by atoms with E-state index < -0.39 is 0 Å². The number of ether oxygens (including phenoxy) is 2. The van der Waals surface area contributed by atoms with Gasteiger partial charge in [-0.05, 0) is 29.8 Å². The fourth-order valence-electron chi connectivity index (χ4n) is 3.25. The van der Waals surface area contributed by atoms with Crippen LogP contribution in [-0.2, 0) is 11.3 Å². The Hall–Kier alpha value is -1.89. The lowest BCUT2D eigenvalue weighted by Crippen LogP contribution is -2.35. The van der Waals surface area contributed by atoms with E-state index in [1.807, 2.05) is 12.1 Å². The molecule has 1 atom stereocenters. The number of methoxy groups -OCH3 is 1. The molecule has 2 heterocycles. The molecule has 25 heavy (non-hydrogen) atoms. The van der Waals surface area contributed by atoms with E-state index in [0.29, 0.717) is 12.3 Å². The van der Waals surface area contributed by atoms with Gasteiger partial charge in [0.15, 0.2) is 11.5 Å². The molecule has 2 aromatic carbocycles. The molecule has 0 saturated carbocycles. The van der Waals surface area contributed by atoms with Crippen LogP contribution >= 0.6 is 11.8 Å². The van der Waals surface area contributed by atoms with Crippen LogP contribution in [0.2, 0.25) is 0 Å². The average Bonchev–Trinajstić information content (AvgIpc) is 3.08. The second kappa shape index (κ2) is 7.15. The Morgan fingerprint density at radius 1 is 1.28 bits per heavy atom. The number of hydrogen-bond acceptors (Lipinski definition) is 6. The zero-order valence-corrected chi connectivity index (χ0v) is 15.0. The quantitative estimate of drug-likeness (QED) is 0.873. The van der Waals surface area contributed by atoms with Crippen molar-refractivity contribution in [2.75, 3.05) is 38.7 Å². The Labute approximate surface area is 151 Å². The standard InChI is InChI=1S/C19H22N2O3S/c1-23-16-11-13(19-20-15-4-2-3-5-17(15)25-19)10-14(18(16)22)12-21-6-8-24-9-7-21/h2-5,10-11,19-20,22H,6-9,12H2,1H3. The summed E-state index contributed by atoms with van der Waals surface area (Å²) in [6.45, 7) is 3.95. The minimum Gasteiger partial charge on any atom is -0.504 e. The van der Waals surface area contributed by atoms with Gasteiger partial charge in [-0.15, -0.1) is 0 Å². The number of nitrogens with zero attached hydrogens (tertiary/aromatic N) is 1. The first-order chi connectivity index (χ1) is 12.2. The van der Waals surface area contributed by atoms with Gasteiger partial charge in [-0.1, -0.05) is 23.9 Å². The lowest BCUT2D eigenvalue weighted by molar-refractivity contribution is 0.0338. The lowest BCUT2D eigenvalue weighted by Gasteiger charge is -2.27. The van der Waals surface area contributed by atoms with Gasteiger partial charge in [0, 0.05) is 35.8 Å². The number of benzene rings is 2. The van der Waals surface area contributed by atoms with Gasteiger partial charge in [-0.3, -0.25) is 4.90 Å². The summed E-state index contributed by atoms with van der Waals surface area (Å²) in [4.78, 5) is 3.54. The third kappa shape index (κ3) is 3.42. The van der Waals surface area contributed by atoms with Crippen LogP contribution in [0.15, 0.2) is 41.3 Å². The van der Waals surface area contributed by atoms with Crippen molar-refractivity contribution in [2.24, 2.45) is 0 Å². The van der Waals surface area contributed by atoms with Crippen LogP contribution < -0.4 is 10.1 Å². The zero-order valence-electron chi connectivity index (χ0n) is 14.2. The molecule has 2 aliphatic rings. The summed E-state index contributed by atoms with van der Waals surface area (Å²) in [7, 11) is 1.60. The van der Waals surface area contributed by atoms with E-state index in [1.54, 1.807) is 18.9 Å². The Bertz CT molecular complexity index is 737. The Kier molecular flexibility index (Phi) is 4.74. The van der Waals surface area contributed by atoms with Crippen molar-refractivity contribution in [2.45, 2.75) is 16.8 Å². The van der Waals surface area contributed by atoms with Gasteiger partial charge in [-0.2, -0.15) is 0 Å². The maximum Gasteiger partial charge on any atom is 0.162 e. The summed E-state index contributed by atoms with van der Waals surface area (Å²) < 4.78 is 10.8. The van der Waals surface area contributed by atoms with Gasteiger partial charge in [0.05, 0.1) is 20.3 Å². The summed E-state index contributed by atoms with van der Waals surface area (Å²) in [6.07, 6.45) is 0. The molecule has 2 aliphatic heterocycles. The lowest BCUT2D eigenvalue weighted by atomic mass is 10.1. The van der Waals surface area contributed by atoms with E-state index in [2.05, 4.69) is 34.5 Å². The number of phenolic OH excluding ortho intramolecular Hbond substituents is 1. The highest BCUT2D eigenvalue weighted by atomic mass is 32.2. The molecule has 1 unspecified atom stereocenters. The largest absolute Gasteiger partial charge is 0.504 e. The molecule has 0 radical (unpaired) electrons. The number of anilines is 1. The number of para-hydroxylation sites is 1. The second-order valence-electron chi connectivity index (χ2n) is 6.26. The van der Waals surface area contributed by atoms with E-state index in [-0.39, 0.29) is 11.1 Å². The Morgan fingerprint density at radius 2 is 2.08 bits per heavy atom. The van der Waals surface area contributed by atoms with Gasteiger partial charge in [0.2, 0.25) is 0 Å². The molecule has 0 aliphatic carbocycles. The highest BCUT2D eigenvalue weighted by molar-refractivity contribution is 8.00. The first-order valence-electron chi connectivity index (χ1n) is 8.46. The highest BCUT2D eigenvalue weighted by Gasteiger charge is 2.25. The SMILES string of the molecule is COc1cc(C2Nc3ccccc3S2)cc(CN2CCOCC2)c1O. The van der Waals surface area contributed by atoms with Gasteiger partial charge in [0.25, 0.3) is 0 Å². The van der Waals surface area contributed by atoms with Crippen molar-refractivity contribution in [3.8, 4) is 11.5 Å². The normalized spacial score (nSPS) is 20.1. The van der Waals surface area contributed by atoms with Gasteiger partial charge < -0.3 is 19.9 Å². The number of hydrogen-bond donors (Lipinski definition) is 2. The minimum atomic E-state index is 0.121. The van der Waals surface area contributed by atoms with Crippen molar-refractivity contribution >= 4 is 17.4 Å². The first kappa shape index (κ1) is 16.6. The third-order valence-electron chi connectivity index (χ3n) is 4.62. The van der Waals surface area contributed by atoms with Crippen molar-refractivity contribution in [1.82, 2.24) is 4.90 Å². The van der Waals surface area contributed by atoms with Gasteiger partial charge in [-0.25, -0.2) is 0 Å². The Morgan fingerprint density at radius 3 is 2.84 bits per heavy atom. The molecule has 0 bridgehead atoms. The minimum absolute atomic E-state index is 0.121. The fourth-order valence-corrected chi connectivity index (χ4v) is 4.38. The fraction of sp³-hybridized carbons (Fsp3) is 0.368. The number of phenols is 1. The number of fused-ring (bicyclic) bond motifs is 1. The molecule has 4 rings (SSSR count). The zero-order chi connectivity index (χ0) is 17.2. The molecule has 1 fully saturated rings. The Balaban J connectivity index is 1.61. The molecule has 2 N–H and O–H groups in total. The third-order valence-corrected chi connectivity index (χ3v) is 5.85. The van der Waals surface area contributed by atoms with Crippen molar-refractivity contribution in [3.05, 3.63) is 47.5 Å². The number of morpholine rings is 1. The van der Waals surface area contributed by atoms with Crippen molar-refractivity contribution < 1.29 is 14.6 Å². The van der Waals surface area contributed by atoms with Crippen molar-refractivity contribution in [1.29, 1.82) is 0 Å². The van der Waals surface area contributed by atoms with E-state index in [9.17, 15) is 5.11 Å². The van der Waals surface area contributed by atoms with Crippen LogP contribution in [-0.4, -0.2) is 43.4 Å². The second-order valence-corrected chi connectivity index (χ2v) is 7.40. The summed E-state index contributed by atoms with van der Waals surface area (Å²) in [5.74, 6) is 0.761. The van der Waals surface area contributed by atoms with E-state index >= 15 is 0 Å². The summed E-state index contributed by atoms with van der Waals surface area (Å²) >= 11 is 1.79. The monoisotopic (exact) mass is 358 g/mol. The highest BCUT2D eigenvalue weighted by Crippen LogP contribution is 2.48. The van der Waals surface area contributed by atoms with Gasteiger partial charge in [0.1, 0.15) is 5.37 Å². The van der Waals surface area contributed by atoms with E-state index in [0.717, 1.165) is 43.1 Å². The topological polar surface area (TPSA) is 54.0 Å². The molecule has 5 nitrogen and oxygen atoms in total. The molecule has 1 saturated heterocycles. The van der Waals surface area contributed by atoms with Crippen LogP contribution in [0.4, 0.5) is 5.69 Å². The van der Waals surface area contributed by atoms with Crippen LogP contribution in [0, 0.1) is 0 Å². The van der Waals surface area contributed by atoms with E-state index in [4.69, 9.17) is 9.47 Å². The average molecular weight is 358 g/mol. The predicted octanol–water partition coefficient (Wildman–Crippen LogP) is 3.45. The predicted molar refractivity (Wildman–Crippen MR) is 99.4 cm³/mol. The number of thioether (sulfide) groups is 1. The molecular formula is C19H22N2O3S. The molecule has 2 aromatic rings. The molecule has 0 aromatic heterocycles. The summed E-state index contributed by atoms with van der Waals surface area (Å²) in [6, 6.07) is 12.3. The molecular weight excluding hydrogens is 336 g/mol. The maximum atomic E-state index is 10.6. The summed E-state index contributed by atoms with van der Waals surface area (Å²) in [5.41, 5.74) is 3.16. The van der Waals surface area contributed by atoms with Crippen LogP contribution in [0.3, 0.4) is 0 Å². The number of nitrogens with one attached hydrogen (secondary N) is 1. The van der Waals surface area contributed by atoms with Crippen LogP contribution in [0.5, 0.6) is 11.5 Å². The van der Waals surface area contributed by atoms with Gasteiger partial charge >= 0.3 is 0 Å². The maximum absolute atomic E-state index is 10.6. The molecule has 132 valence electrons. The molecule has 0 spiro atoms. The number of aromatic hydroxyl groups is 1.